The molecular formula is C40H26. The summed E-state index contributed by atoms with van der Waals surface area (Å²) in [7, 11) is 0. The fourth-order valence-corrected chi connectivity index (χ4v) is 6.20. The molecule has 8 aromatic rings. The topological polar surface area (TPSA) is 0 Å². The first-order valence-corrected chi connectivity index (χ1v) is 13.5. The van der Waals surface area contributed by atoms with Crippen molar-refractivity contribution in [1.82, 2.24) is 0 Å². The Bertz CT molecular complexity index is 2400. The fourth-order valence-electron chi connectivity index (χ4n) is 6.20. The third kappa shape index (κ3) is 3.54. The molecule has 0 aliphatic rings. The summed E-state index contributed by atoms with van der Waals surface area (Å²) in [6.45, 7) is 0. The molecule has 0 amide bonds. The van der Waals surface area contributed by atoms with E-state index in [9.17, 15) is 0 Å². The van der Waals surface area contributed by atoms with Crippen molar-refractivity contribution in [2.75, 3.05) is 0 Å². The van der Waals surface area contributed by atoms with Crippen molar-refractivity contribution in [2.24, 2.45) is 0 Å². The first-order chi connectivity index (χ1) is 21.9. The second-order valence-corrected chi connectivity index (χ2v) is 10.1. The van der Waals surface area contributed by atoms with Gasteiger partial charge in [0.25, 0.3) is 0 Å². The molecule has 0 unspecified atom stereocenters. The third-order valence-corrected chi connectivity index (χ3v) is 7.92. The lowest BCUT2D eigenvalue weighted by atomic mass is 9.85. The minimum absolute atomic E-state index is 0.199. The van der Waals surface area contributed by atoms with Gasteiger partial charge in [0.1, 0.15) is 0 Å². The minimum atomic E-state index is -0.391. The maximum absolute atomic E-state index is 8.82. The number of benzene rings is 8. The van der Waals surface area contributed by atoms with Crippen LogP contribution in [-0.2, 0) is 0 Å². The number of hydrogen-bond acceptors (Lipinski definition) is 0. The largest absolute Gasteiger partial charge is 0.0629 e. The van der Waals surface area contributed by atoms with Gasteiger partial charge in [0.2, 0.25) is 0 Å². The lowest BCUT2D eigenvalue weighted by Crippen LogP contribution is -1.91. The number of hydrogen-bond donors (Lipinski definition) is 0. The van der Waals surface area contributed by atoms with Gasteiger partial charge in [-0.1, -0.05) is 145 Å². The Morgan fingerprint density at radius 1 is 0.350 bits per heavy atom. The predicted octanol–water partition coefficient (Wildman–Crippen LogP) is 11.3. The van der Waals surface area contributed by atoms with Gasteiger partial charge in [-0.3, -0.25) is 0 Å². The van der Waals surface area contributed by atoms with E-state index in [0.29, 0.717) is 5.56 Å². The minimum Gasteiger partial charge on any atom is -0.0622 e. The average Bonchev–Trinajstić information content (AvgIpc) is 3.09. The van der Waals surface area contributed by atoms with Crippen molar-refractivity contribution in [2.45, 2.75) is 0 Å². The normalized spacial score (nSPS) is 13.2. The van der Waals surface area contributed by atoms with Crippen molar-refractivity contribution in [3.8, 4) is 33.4 Å². The molecule has 0 saturated carbocycles. The van der Waals surface area contributed by atoms with Gasteiger partial charge < -0.3 is 0 Å². The maximum Gasteiger partial charge on any atom is 0.0629 e. The predicted molar refractivity (Wildman–Crippen MR) is 173 cm³/mol. The molecular weight excluding hydrogens is 480 g/mol. The van der Waals surface area contributed by atoms with E-state index in [4.69, 9.17) is 6.85 Å². The molecule has 0 aliphatic heterocycles. The van der Waals surface area contributed by atoms with Gasteiger partial charge in [0, 0.05) is 0 Å². The van der Waals surface area contributed by atoms with E-state index in [2.05, 4.69) is 84.9 Å². The van der Waals surface area contributed by atoms with E-state index in [1.165, 1.54) is 21.9 Å². The number of fused-ring (bicyclic) bond motifs is 5. The van der Waals surface area contributed by atoms with E-state index in [0.717, 1.165) is 43.4 Å². The van der Waals surface area contributed by atoms with E-state index in [1.807, 2.05) is 42.5 Å². The van der Waals surface area contributed by atoms with Crippen molar-refractivity contribution < 1.29 is 6.85 Å². The smallest absolute Gasteiger partial charge is 0.0622 e. The van der Waals surface area contributed by atoms with Crippen LogP contribution in [0.25, 0.3) is 76.5 Å². The summed E-state index contributed by atoms with van der Waals surface area (Å²) in [5.74, 6) is 0. The van der Waals surface area contributed by atoms with Crippen LogP contribution in [0.15, 0.2) is 158 Å². The summed E-state index contributed by atoms with van der Waals surface area (Å²) in [4.78, 5) is 0. The van der Waals surface area contributed by atoms with Crippen LogP contribution in [-0.4, -0.2) is 0 Å². The Hall–Kier alpha value is -5.20. The average molecular weight is 512 g/mol. The second kappa shape index (κ2) is 9.22. The standard InChI is InChI=1S/C40H26/c1-3-13-27(14-4-1)37-25-29-23-24-30(26-38(29)32-18-8-7-17-31(32)37)40-35-21-11-9-19-33(35)39(28-15-5-2-6-16-28)34-20-10-12-22-36(34)40/h1-26H/i2D,5D,6D,15D,16D. The molecule has 186 valence electrons. The molecule has 0 fully saturated rings. The first-order valence-electron chi connectivity index (χ1n) is 16.0. The van der Waals surface area contributed by atoms with Crippen molar-refractivity contribution in [3.05, 3.63) is 158 Å². The van der Waals surface area contributed by atoms with Crippen LogP contribution in [0.5, 0.6) is 0 Å². The molecule has 0 atom stereocenters. The lowest BCUT2D eigenvalue weighted by Gasteiger charge is -2.18. The summed E-state index contributed by atoms with van der Waals surface area (Å²) < 4.78 is 42.6. The van der Waals surface area contributed by atoms with Crippen LogP contribution >= 0.6 is 0 Å². The Labute approximate surface area is 240 Å². The highest BCUT2D eigenvalue weighted by molar-refractivity contribution is 6.22. The first kappa shape index (κ1) is 18.2. The Morgan fingerprint density at radius 2 is 0.875 bits per heavy atom. The molecule has 8 aromatic carbocycles. The Morgan fingerprint density at radius 3 is 1.50 bits per heavy atom. The molecule has 0 bridgehead atoms. The summed E-state index contributed by atoms with van der Waals surface area (Å²) in [6.07, 6.45) is 0. The molecule has 8 rings (SSSR count). The van der Waals surface area contributed by atoms with Crippen LogP contribution in [0.1, 0.15) is 6.85 Å². The van der Waals surface area contributed by atoms with Gasteiger partial charge in [0.05, 0.1) is 6.85 Å². The molecule has 40 heavy (non-hydrogen) atoms. The highest BCUT2D eigenvalue weighted by atomic mass is 14.2. The van der Waals surface area contributed by atoms with E-state index in [1.54, 1.807) is 0 Å². The summed E-state index contributed by atoms with van der Waals surface area (Å²) >= 11 is 0. The van der Waals surface area contributed by atoms with Crippen LogP contribution in [0.4, 0.5) is 0 Å². The highest BCUT2D eigenvalue weighted by Gasteiger charge is 2.17. The molecule has 0 aliphatic carbocycles. The summed E-state index contributed by atoms with van der Waals surface area (Å²) in [6, 6.07) is 42.5. The van der Waals surface area contributed by atoms with Crippen molar-refractivity contribution in [3.63, 3.8) is 0 Å². The van der Waals surface area contributed by atoms with Crippen LogP contribution in [0, 0.1) is 0 Å². The fraction of sp³-hybridized carbons (Fsp3) is 0. The summed E-state index contributed by atoms with van der Waals surface area (Å²) in [5.41, 5.74) is 5.36. The zero-order chi connectivity index (χ0) is 30.8. The van der Waals surface area contributed by atoms with Crippen molar-refractivity contribution in [1.29, 1.82) is 0 Å². The van der Waals surface area contributed by atoms with Crippen molar-refractivity contribution >= 4 is 43.1 Å². The number of rotatable bonds is 3. The SMILES string of the molecule is [2H]c1c([2H])c([2H])c(-c2c3ccccc3c(-c3ccc4cc(-c5ccccc5)c5ccccc5c4c3)c3ccccc23)c([2H])c1[2H]. The van der Waals surface area contributed by atoms with Gasteiger partial charge in [-0.25, -0.2) is 0 Å². The maximum atomic E-state index is 8.82. The second-order valence-electron chi connectivity index (χ2n) is 10.1. The van der Waals surface area contributed by atoms with Crippen LogP contribution in [0.3, 0.4) is 0 Å². The quantitative estimate of drug-likeness (QED) is 0.163. The monoisotopic (exact) mass is 511 g/mol. The molecule has 0 heteroatoms. The Kier molecular flexibility index (Phi) is 4.18. The highest BCUT2D eigenvalue weighted by Crippen LogP contribution is 2.45. The molecule has 0 spiro atoms. The molecule has 0 aromatic heterocycles. The van der Waals surface area contributed by atoms with Gasteiger partial charge in [-0.15, -0.1) is 0 Å². The van der Waals surface area contributed by atoms with Gasteiger partial charge >= 0.3 is 0 Å². The lowest BCUT2D eigenvalue weighted by molar-refractivity contribution is 1.65. The van der Waals surface area contributed by atoms with E-state index < -0.39 is 6.04 Å². The van der Waals surface area contributed by atoms with Gasteiger partial charge in [-0.2, -0.15) is 0 Å². The van der Waals surface area contributed by atoms with E-state index in [-0.39, 0.29) is 29.7 Å². The molecule has 0 N–H and O–H groups in total. The Balaban J connectivity index is 1.47. The molecule has 0 nitrogen and oxygen atoms in total. The zero-order valence-corrected chi connectivity index (χ0v) is 21.6. The molecule has 0 saturated heterocycles. The van der Waals surface area contributed by atoms with E-state index >= 15 is 0 Å². The van der Waals surface area contributed by atoms with Gasteiger partial charge in [-0.05, 0) is 88.6 Å². The molecule has 0 heterocycles. The third-order valence-electron chi connectivity index (χ3n) is 7.92. The van der Waals surface area contributed by atoms with Crippen LogP contribution < -0.4 is 0 Å². The van der Waals surface area contributed by atoms with Crippen LogP contribution in [0.2, 0.25) is 0 Å². The van der Waals surface area contributed by atoms with Gasteiger partial charge in [0.15, 0.2) is 0 Å². The summed E-state index contributed by atoms with van der Waals surface area (Å²) in [5, 5.41) is 8.29. The molecule has 0 radical (unpaired) electrons. The zero-order valence-electron chi connectivity index (χ0n) is 26.6.